The van der Waals surface area contributed by atoms with Crippen molar-refractivity contribution in [2.45, 2.75) is 33.4 Å². The number of hydrogen-bond donors (Lipinski definition) is 1. The van der Waals surface area contributed by atoms with Crippen LogP contribution in [0.1, 0.15) is 24.5 Å². The van der Waals surface area contributed by atoms with Gasteiger partial charge in [0.1, 0.15) is 0 Å². The SMILES string of the molecule is CCn1cc(CN(CCC(=O)O)c2ccc(C)cc2)cn1. The number of carboxylic acid groups (broad SMARTS) is 1. The maximum atomic E-state index is 10.8. The van der Waals surface area contributed by atoms with Gasteiger partial charge in [0.2, 0.25) is 0 Å². The van der Waals surface area contributed by atoms with Crippen molar-refractivity contribution in [1.29, 1.82) is 0 Å². The largest absolute Gasteiger partial charge is 0.481 e. The molecule has 21 heavy (non-hydrogen) atoms. The molecule has 1 N–H and O–H groups in total. The van der Waals surface area contributed by atoms with Gasteiger partial charge < -0.3 is 10.0 Å². The summed E-state index contributed by atoms with van der Waals surface area (Å²) < 4.78 is 1.87. The molecule has 112 valence electrons. The minimum atomic E-state index is -0.781. The Morgan fingerprint density at radius 1 is 1.33 bits per heavy atom. The van der Waals surface area contributed by atoms with Crippen molar-refractivity contribution in [3.8, 4) is 0 Å². The molecule has 5 heteroatoms. The standard InChI is InChI=1S/C16H21N3O2/c1-3-19-12-14(10-17-19)11-18(9-8-16(20)21)15-6-4-13(2)5-7-15/h4-7,10,12H,3,8-9,11H2,1-2H3,(H,20,21). The van der Waals surface area contributed by atoms with E-state index < -0.39 is 5.97 Å². The van der Waals surface area contributed by atoms with Gasteiger partial charge in [0.05, 0.1) is 12.6 Å². The highest BCUT2D eigenvalue weighted by Crippen LogP contribution is 2.18. The molecule has 1 aromatic heterocycles. The van der Waals surface area contributed by atoms with E-state index in [1.54, 1.807) is 0 Å². The summed E-state index contributed by atoms with van der Waals surface area (Å²) in [5.41, 5.74) is 3.31. The fourth-order valence-corrected chi connectivity index (χ4v) is 2.17. The minimum absolute atomic E-state index is 0.121. The number of carbonyl (C=O) groups is 1. The Kier molecular flexibility index (Phi) is 4.98. The number of aryl methyl sites for hydroxylation is 2. The van der Waals surface area contributed by atoms with Crippen LogP contribution in [0, 0.1) is 6.92 Å². The fraction of sp³-hybridized carbons (Fsp3) is 0.375. The summed E-state index contributed by atoms with van der Waals surface area (Å²) in [5.74, 6) is -0.781. The molecule has 5 nitrogen and oxygen atoms in total. The smallest absolute Gasteiger partial charge is 0.305 e. The molecular formula is C16H21N3O2. The average molecular weight is 287 g/mol. The Balaban J connectivity index is 2.14. The molecule has 2 rings (SSSR count). The summed E-state index contributed by atoms with van der Waals surface area (Å²) in [5, 5.41) is 13.2. The number of aliphatic carboxylic acids is 1. The third-order valence-electron chi connectivity index (χ3n) is 3.38. The quantitative estimate of drug-likeness (QED) is 0.850. The van der Waals surface area contributed by atoms with Gasteiger partial charge in [-0.15, -0.1) is 0 Å². The first-order valence-corrected chi connectivity index (χ1v) is 7.13. The van der Waals surface area contributed by atoms with Crippen molar-refractivity contribution in [3.05, 3.63) is 47.8 Å². The second kappa shape index (κ2) is 6.92. The Labute approximate surface area is 124 Å². The lowest BCUT2D eigenvalue weighted by molar-refractivity contribution is -0.136. The van der Waals surface area contributed by atoms with E-state index in [0.29, 0.717) is 13.1 Å². The monoisotopic (exact) mass is 287 g/mol. The van der Waals surface area contributed by atoms with E-state index in [9.17, 15) is 4.79 Å². The van der Waals surface area contributed by atoms with E-state index in [0.717, 1.165) is 17.8 Å². The summed E-state index contributed by atoms with van der Waals surface area (Å²) in [4.78, 5) is 12.9. The van der Waals surface area contributed by atoms with E-state index in [1.807, 2.05) is 55.2 Å². The number of hydrogen-bond acceptors (Lipinski definition) is 3. The second-order valence-corrected chi connectivity index (χ2v) is 5.11. The van der Waals surface area contributed by atoms with E-state index in [1.165, 1.54) is 5.56 Å². The number of anilines is 1. The molecule has 0 saturated heterocycles. The van der Waals surface area contributed by atoms with Crippen LogP contribution in [0.5, 0.6) is 0 Å². The zero-order valence-corrected chi connectivity index (χ0v) is 12.5. The average Bonchev–Trinajstić information content (AvgIpc) is 2.92. The third-order valence-corrected chi connectivity index (χ3v) is 3.38. The first-order valence-electron chi connectivity index (χ1n) is 7.13. The molecule has 1 heterocycles. The lowest BCUT2D eigenvalue weighted by Crippen LogP contribution is -2.25. The van der Waals surface area contributed by atoms with Gasteiger partial charge in [0, 0.05) is 37.1 Å². The van der Waals surface area contributed by atoms with Crippen molar-refractivity contribution in [3.63, 3.8) is 0 Å². The molecule has 0 aliphatic carbocycles. The fourth-order valence-electron chi connectivity index (χ4n) is 2.17. The minimum Gasteiger partial charge on any atom is -0.481 e. The highest BCUT2D eigenvalue weighted by molar-refractivity contribution is 5.67. The van der Waals surface area contributed by atoms with Gasteiger partial charge >= 0.3 is 5.97 Å². The van der Waals surface area contributed by atoms with Gasteiger partial charge in [0.15, 0.2) is 0 Å². The topological polar surface area (TPSA) is 58.4 Å². The first kappa shape index (κ1) is 15.1. The third kappa shape index (κ3) is 4.34. The normalized spacial score (nSPS) is 10.6. The van der Waals surface area contributed by atoms with Gasteiger partial charge in [-0.25, -0.2) is 0 Å². The maximum absolute atomic E-state index is 10.8. The van der Waals surface area contributed by atoms with Crippen molar-refractivity contribution in [2.24, 2.45) is 0 Å². The zero-order valence-electron chi connectivity index (χ0n) is 12.5. The Hall–Kier alpha value is -2.30. The molecule has 1 aromatic carbocycles. The van der Waals surface area contributed by atoms with Gasteiger partial charge in [-0.05, 0) is 26.0 Å². The van der Waals surface area contributed by atoms with Crippen LogP contribution in [0.2, 0.25) is 0 Å². The van der Waals surface area contributed by atoms with Crippen LogP contribution in [0.25, 0.3) is 0 Å². The summed E-state index contributed by atoms with van der Waals surface area (Å²) in [6, 6.07) is 8.14. The van der Waals surface area contributed by atoms with E-state index in [-0.39, 0.29) is 6.42 Å². The summed E-state index contributed by atoms with van der Waals surface area (Å²) in [7, 11) is 0. The van der Waals surface area contributed by atoms with Gasteiger partial charge in [-0.3, -0.25) is 9.48 Å². The molecule has 2 aromatic rings. The maximum Gasteiger partial charge on any atom is 0.305 e. The zero-order chi connectivity index (χ0) is 15.2. The molecule has 0 aliphatic heterocycles. The van der Waals surface area contributed by atoms with Crippen LogP contribution in [-0.2, 0) is 17.9 Å². The van der Waals surface area contributed by atoms with Gasteiger partial charge in [-0.2, -0.15) is 5.10 Å². The van der Waals surface area contributed by atoms with Crippen LogP contribution >= 0.6 is 0 Å². The Morgan fingerprint density at radius 2 is 2.05 bits per heavy atom. The molecule has 0 amide bonds. The van der Waals surface area contributed by atoms with Crippen LogP contribution in [0.3, 0.4) is 0 Å². The molecule has 0 saturated carbocycles. The van der Waals surface area contributed by atoms with Crippen LogP contribution < -0.4 is 4.90 Å². The van der Waals surface area contributed by atoms with Gasteiger partial charge in [-0.1, -0.05) is 17.7 Å². The summed E-state index contributed by atoms with van der Waals surface area (Å²) in [6.07, 6.45) is 3.96. The number of benzene rings is 1. The number of rotatable bonds is 7. The highest BCUT2D eigenvalue weighted by Gasteiger charge is 2.10. The van der Waals surface area contributed by atoms with Gasteiger partial charge in [0.25, 0.3) is 0 Å². The number of carboxylic acids is 1. The van der Waals surface area contributed by atoms with E-state index in [2.05, 4.69) is 10.00 Å². The van der Waals surface area contributed by atoms with Crippen LogP contribution in [0.4, 0.5) is 5.69 Å². The van der Waals surface area contributed by atoms with E-state index >= 15 is 0 Å². The molecule has 0 atom stereocenters. The molecule has 0 fully saturated rings. The summed E-state index contributed by atoms with van der Waals surface area (Å²) >= 11 is 0. The lowest BCUT2D eigenvalue weighted by Gasteiger charge is -2.23. The van der Waals surface area contributed by atoms with Crippen molar-refractivity contribution >= 4 is 11.7 Å². The molecular weight excluding hydrogens is 266 g/mol. The first-order chi connectivity index (χ1) is 10.1. The summed E-state index contributed by atoms with van der Waals surface area (Å²) in [6.45, 7) is 6.06. The van der Waals surface area contributed by atoms with Crippen molar-refractivity contribution in [1.82, 2.24) is 9.78 Å². The lowest BCUT2D eigenvalue weighted by atomic mass is 10.2. The Bertz CT molecular complexity index is 590. The molecule has 0 bridgehead atoms. The predicted molar refractivity (Wildman–Crippen MR) is 82.4 cm³/mol. The van der Waals surface area contributed by atoms with Crippen molar-refractivity contribution in [2.75, 3.05) is 11.4 Å². The molecule has 0 radical (unpaired) electrons. The highest BCUT2D eigenvalue weighted by atomic mass is 16.4. The van der Waals surface area contributed by atoms with Crippen LogP contribution in [-0.4, -0.2) is 27.4 Å². The molecule has 0 spiro atoms. The Morgan fingerprint density at radius 3 is 2.62 bits per heavy atom. The number of aromatic nitrogens is 2. The second-order valence-electron chi connectivity index (χ2n) is 5.11. The van der Waals surface area contributed by atoms with Crippen LogP contribution in [0.15, 0.2) is 36.7 Å². The van der Waals surface area contributed by atoms with E-state index in [4.69, 9.17) is 5.11 Å². The predicted octanol–water partition coefficient (Wildman–Crippen LogP) is 2.69. The molecule has 0 unspecified atom stereocenters. The van der Waals surface area contributed by atoms with Crippen molar-refractivity contribution < 1.29 is 9.90 Å². The number of nitrogens with zero attached hydrogens (tertiary/aromatic N) is 3. The molecule has 0 aliphatic rings.